The van der Waals surface area contributed by atoms with Crippen molar-refractivity contribution in [1.29, 1.82) is 0 Å². The molecule has 2 heterocycles. The van der Waals surface area contributed by atoms with Gasteiger partial charge >= 0.3 is 0 Å². The summed E-state index contributed by atoms with van der Waals surface area (Å²) in [5, 5.41) is 1.30. The average Bonchev–Trinajstić information content (AvgIpc) is 2.46. The van der Waals surface area contributed by atoms with Crippen molar-refractivity contribution >= 4 is 22.7 Å². The molecule has 3 aromatic rings. The molecule has 0 amide bonds. The minimum atomic E-state index is -0.0440. The van der Waals surface area contributed by atoms with Crippen LogP contribution in [0.3, 0.4) is 0 Å². The molecule has 0 saturated carbocycles. The summed E-state index contributed by atoms with van der Waals surface area (Å²) < 4.78 is 1.58. The van der Waals surface area contributed by atoms with E-state index in [1.165, 1.54) is 11.8 Å². The SMILES string of the molecule is Cc1cc(C)nc(SCn2cnc3ccccc3c2=O)n1. The molecule has 0 aliphatic rings. The lowest BCUT2D eigenvalue weighted by Gasteiger charge is -2.06. The van der Waals surface area contributed by atoms with Gasteiger partial charge in [-0.2, -0.15) is 0 Å². The van der Waals surface area contributed by atoms with Crippen LogP contribution in [0, 0.1) is 13.8 Å². The van der Waals surface area contributed by atoms with E-state index >= 15 is 0 Å². The molecule has 0 saturated heterocycles. The van der Waals surface area contributed by atoms with Crippen molar-refractivity contribution in [2.45, 2.75) is 24.9 Å². The van der Waals surface area contributed by atoms with Crippen LogP contribution in [-0.4, -0.2) is 19.5 Å². The van der Waals surface area contributed by atoms with E-state index in [0.717, 1.165) is 11.4 Å². The number of hydrogen-bond donors (Lipinski definition) is 0. The summed E-state index contributed by atoms with van der Waals surface area (Å²) in [5.41, 5.74) is 2.52. The Morgan fingerprint density at radius 1 is 1.14 bits per heavy atom. The molecule has 5 nitrogen and oxygen atoms in total. The Hall–Kier alpha value is -2.21. The van der Waals surface area contributed by atoms with Gasteiger partial charge in [0.25, 0.3) is 5.56 Å². The number of fused-ring (bicyclic) bond motifs is 1. The lowest BCUT2D eigenvalue weighted by molar-refractivity contribution is 0.813. The van der Waals surface area contributed by atoms with Gasteiger partial charge in [0.2, 0.25) is 0 Å². The molecule has 0 aliphatic heterocycles. The van der Waals surface area contributed by atoms with Crippen LogP contribution in [0.1, 0.15) is 11.4 Å². The van der Waals surface area contributed by atoms with E-state index in [2.05, 4.69) is 15.0 Å². The first-order valence-electron chi connectivity index (χ1n) is 6.53. The zero-order valence-corrected chi connectivity index (χ0v) is 12.6. The predicted octanol–water partition coefficient (Wildman–Crippen LogP) is 2.55. The minimum Gasteiger partial charge on any atom is -0.288 e. The number of hydrogen-bond acceptors (Lipinski definition) is 5. The Morgan fingerprint density at radius 3 is 2.62 bits per heavy atom. The summed E-state index contributed by atoms with van der Waals surface area (Å²) in [5.74, 6) is 0.444. The maximum atomic E-state index is 12.4. The second kappa shape index (κ2) is 5.65. The molecule has 0 N–H and O–H groups in total. The number of rotatable bonds is 3. The third kappa shape index (κ3) is 2.95. The molecule has 0 radical (unpaired) electrons. The van der Waals surface area contributed by atoms with Crippen molar-refractivity contribution < 1.29 is 0 Å². The summed E-state index contributed by atoms with van der Waals surface area (Å²) in [6, 6.07) is 9.27. The minimum absolute atomic E-state index is 0.0440. The fourth-order valence-corrected chi connectivity index (χ4v) is 2.94. The van der Waals surface area contributed by atoms with Gasteiger partial charge in [0.1, 0.15) is 0 Å². The smallest absolute Gasteiger partial charge is 0.261 e. The zero-order valence-electron chi connectivity index (χ0n) is 11.8. The topological polar surface area (TPSA) is 60.7 Å². The Labute approximate surface area is 126 Å². The summed E-state index contributed by atoms with van der Waals surface area (Å²) in [6.45, 7) is 3.87. The van der Waals surface area contributed by atoms with E-state index in [1.807, 2.05) is 38.1 Å². The van der Waals surface area contributed by atoms with E-state index < -0.39 is 0 Å². The second-order valence-corrected chi connectivity index (χ2v) is 5.66. The number of para-hydroxylation sites is 1. The van der Waals surface area contributed by atoms with Gasteiger partial charge in [-0.05, 0) is 32.0 Å². The van der Waals surface area contributed by atoms with Crippen LogP contribution < -0.4 is 5.56 Å². The maximum absolute atomic E-state index is 12.4. The largest absolute Gasteiger partial charge is 0.288 e. The Balaban J connectivity index is 1.88. The fourth-order valence-electron chi connectivity index (χ4n) is 2.08. The lowest BCUT2D eigenvalue weighted by Crippen LogP contribution is -2.19. The van der Waals surface area contributed by atoms with Gasteiger partial charge in [0, 0.05) is 11.4 Å². The highest BCUT2D eigenvalue weighted by Gasteiger charge is 2.05. The first-order chi connectivity index (χ1) is 10.1. The molecule has 0 unspecified atom stereocenters. The monoisotopic (exact) mass is 298 g/mol. The average molecular weight is 298 g/mol. The van der Waals surface area contributed by atoms with E-state index in [9.17, 15) is 4.79 Å². The van der Waals surface area contributed by atoms with Crippen LogP contribution >= 0.6 is 11.8 Å². The summed E-state index contributed by atoms with van der Waals surface area (Å²) >= 11 is 1.43. The summed E-state index contributed by atoms with van der Waals surface area (Å²) in [6.07, 6.45) is 1.57. The molecule has 0 atom stereocenters. The van der Waals surface area contributed by atoms with Crippen LogP contribution in [0.2, 0.25) is 0 Å². The van der Waals surface area contributed by atoms with Crippen molar-refractivity contribution in [3.05, 3.63) is 58.4 Å². The zero-order chi connectivity index (χ0) is 14.8. The molecule has 6 heteroatoms. The second-order valence-electron chi connectivity index (χ2n) is 4.74. The number of thioether (sulfide) groups is 1. The first kappa shape index (κ1) is 13.8. The molecule has 0 spiro atoms. The third-order valence-corrected chi connectivity index (χ3v) is 3.87. The van der Waals surface area contributed by atoms with E-state index in [4.69, 9.17) is 0 Å². The van der Waals surface area contributed by atoms with Crippen molar-refractivity contribution in [2.75, 3.05) is 0 Å². The normalized spacial score (nSPS) is 11.0. The van der Waals surface area contributed by atoms with Gasteiger partial charge < -0.3 is 0 Å². The van der Waals surface area contributed by atoms with Crippen LogP contribution in [0.25, 0.3) is 10.9 Å². The van der Waals surface area contributed by atoms with Crippen LogP contribution in [0.4, 0.5) is 0 Å². The van der Waals surface area contributed by atoms with Gasteiger partial charge in [-0.1, -0.05) is 23.9 Å². The van der Waals surface area contributed by atoms with Crippen LogP contribution in [0.5, 0.6) is 0 Å². The first-order valence-corrected chi connectivity index (χ1v) is 7.51. The third-order valence-electron chi connectivity index (χ3n) is 3.03. The van der Waals surface area contributed by atoms with Gasteiger partial charge in [0.15, 0.2) is 5.16 Å². The van der Waals surface area contributed by atoms with E-state index in [0.29, 0.717) is 21.9 Å². The molecule has 0 bridgehead atoms. The molecule has 3 rings (SSSR count). The standard InChI is InChI=1S/C15H14N4OS/c1-10-7-11(2)18-15(17-10)21-9-19-8-16-13-6-4-3-5-12(13)14(19)20/h3-8H,9H2,1-2H3. The fraction of sp³-hybridized carbons (Fsp3) is 0.200. The molecule has 21 heavy (non-hydrogen) atoms. The van der Waals surface area contributed by atoms with Gasteiger partial charge in [0.05, 0.1) is 23.1 Å². The number of aryl methyl sites for hydroxylation is 2. The van der Waals surface area contributed by atoms with Crippen LogP contribution in [-0.2, 0) is 5.88 Å². The van der Waals surface area contributed by atoms with Crippen molar-refractivity contribution in [2.24, 2.45) is 0 Å². The summed E-state index contributed by atoms with van der Waals surface area (Å²) in [4.78, 5) is 25.4. The van der Waals surface area contributed by atoms with Crippen molar-refractivity contribution in [3.8, 4) is 0 Å². The Kier molecular flexibility index (Phi) is 3.70. The highest BCUT2D eigenvalue weighted by Crippen LogP contribution is 2.16. The lowest BCUT2D eigenvalue weighted by atomic mass is 10.2. The van der Waals surface area contributed by atoms with Crippen LogP contribution in [0.15, 0.2) is 46.6 Å². The molecular weight excluding hydrogens is 284 g/mol. The van der Waals surface area contributed by atoms with Gasteiger partial charge in [-0.3, -0.25) is 9.36 Å². The highest BCUT2D eigenvalue weighted by molar-refractivity contribution is 7.98. The molecule has 106 valence electrons. The van der Waals surface area contributed by atoms with E-state index in [-0.39, 0.29) is 5.56 Å². The highest BCUT2D eigenvalue weighted by atomic mass is 32.2. The molecule has 1 aromatic carbocycles. The van der Waals surface area contributed by atoms with E-state index in [1.54, 1.807) is 17.0 Å². The van der Waals surface area contributed by atoms with Gasteiger partial charge in [-0.25, -0.2) is 15.0 Å². The van der Waals surface area contributed by atoms with Crippen molar-refractivity contribution in [3.63, 3.8) is 0 Å². The quantitative estimate of drug-likeness (QED) is 0.549. The number of aromatic nitrogens is 4. The Bertz CT molecular complexity index is 839. The predicted molar refractivity (Wildman–Crippen MR) is 83.4 cm³/mol. The van der Waals surface area contributed by atoms with Crippen molar-refractivity contribution in [1.82, 2.24) is 19.5 Å². The molecule has 0 aliphatic carbocycles. The Morgan fingerprint density at radius 2 is 1.86 bits per heavy atom. The number of benzene rings is 1. The molecule has 2 aromatic heterocycles. The maximum Gasteiger partial charge on any atom is 0.261 e. The molecular formula is C15H14N4OS. The number of nitrogens with zero attached hydrogens (tertiary/aromatic N) is 4. The summed E-state index contributed by atoms with van der Waals surface area (Å²) in [7, 11) is 0. The van der Waals surface area contributed by atoms with Gasteiger partial charge in [-0.15, -0.1) is 0 Å². The molecule has 0 fully saturated rings.